The van der Waals surface area contributed by atoms with E-state index in [1.54, 1.807) is 11.8 Å². The molecule has 2 aromatic carbocycles. The van der Waals surface area contributed by atoms with E-state index in [4.69, 9.17) is 21.1 Å². The fourth-order valence-corrected chi connectivity index (χ4v) is 8.02. The van der Waals surface area contributed by atoms with Crippen LogP contribution in [-0.2, 0) is 4.74 Å². The molecule has 2 aliphatic heterocycles. The summed E-state index contributed by atoms with van der Waals surface area (Å²) in [6, 6.07) is 13.1. The Bertz CT molecular complexity index is 1570. The Kier molecular flexibility index (Phi) is 11.0. The van der Waals surface area contributed by atoms with Crippen molar-refractivity contribution in [3.8, 4) is 5.75 Å². The molecule has 0 bridgehead atoms. The average molecular weight is 678 g/mol. The third kappa shape index (κ3) is 7.92. The van der Waals surface area contributed by atoms with E-state index in [-0.39, 0.29) is 16.9 Å². The molecule has 1 unspecified atom stereocenters. The first-order valence-corrected chi connectivity index (χ1v) is 18.3. The first-order chi connectivity index (χ1) is 22.7. The number of halogens is 1. The van der Waals surface area contributed by atoms with Crippen molar-refractivity contribution in [3.63, 3.8) is 0 Å². The second-order valence-electron chi connectivity index (χ2n) is 13.5. The number of hydrogen-bond acceptors (Lipinski definition) is 9. The van der Waals surface area contributed by atoms with Gasteiger partial charge in [-0.1, -0.05) is 50.1 Å². The number of para-hydroxylation sites is 1. The zero-order valence-electron chi connectivity index (χ0n) is 28.2. The summed E-state index contributed by atoms with van der Waals surface area (Å²) in [5, 5.41) is 16.3. The van der Waals surface area contributed by atoms with E-state index in [9.17, 15) is 5.21 Å². The lowest BCUT2D eigenvalue weighted by Gasteiger charge is -2.47. The van der Waals surface area contributed by atoms with E-state index in [1.165, 1.54) is 42.2 Å². The highest BCUT2D eigenvalue weighted by Crippen LogP contribution is 2.42. The number of ether oxygens (including phenoxy) is 2. The molecule has 1 aliphatic carbocycles. The van der Waals surface area contributed by atoms with E-state index in [0.29, 0.717) is 29.0 Å². The Morgan fingerprint density at radius 3 is 2.57 bits per heavy atom. The molecule has 0 spiro atoms. The van der Waals surface area contributed by atoms with Gasteiger partial charge in [-0.15, -0.1) is 11.8 Å². The molecule has 8 nitrogen and oxygen atoms in total. The second kappa shape index (κ2) is 15.2. The van der Waals surface area contributed by atoms with Crippen LogP contribution in [0.3, 0.4) is 0 Å². The molecule has 252 valence electrons. The number of rotatable bonds is 11. The van der Waals surface area contributed by atoms with Crippen LogP contribution in [0.1, 0.15) is 77.3 Å². The molecule has 0 radical (unpaired) electrons. The minimum absolute atomic E-state index is 0.0252. The van der Waals surface area contributed by atoms with Gasteiger partial charge < -0.3 is 14.8 Å². The van der Waals surface area contributed by atoms with Gasteiger partial charge in [-0.2, -0.15) is 4.98 Å². The van der Waals surface area contributed by atoms with Crippen molar-refractivity contribution >= 4 is 52.1 Å². The van der Waals surface area contributed by atoms with E-state index < -0.39 is 0 Å². The van der Waals surface area contributed by atoms with E-state index in [2.05, 4.69) is 59.2 Å². The predicted molar refractivity (Wildman–Crippen MR) is 193 cm³/mol. The molecule has 2 N–H and O–H groups in total. The molecule has 2 fully saturated rings. The number of anilines is 4. The van der Waals surface area contributed by atoms with Gasteiger partial charge in [0.25, 0.3) is 0 Å². The Balaban J connectivity index is 1.29. The number of aryl methyl sites for hydroxylation is 1. The van der Waals surface area contributed by atoms with Gasteiger partial charge in [0.2, 0.25) is 5.95 Å². The summed E-state index contributed by atoms with van der Waals surface area (Å²) in [4.78, 5) is 12.8. The number of hydrogen-bond donors (Lipinski definition) is 2. The molecule has 0 amide bonds. The Morgan fingerprint density at radius 1 is 1.11 bits per heavy atom. The van der Waals surface area contributed by atoms with Crippen LogP contribution in [0, 0.1) is 12.8 Å². The van der Waals surface area contributed by atoms with Crippen LogP contribution in [0.2, 0.25) is 5.02 Å². The summed E-state index contributed by atoms with van der Waals surface area (Å²) < 4.78 is 12.1. The molecule has 1 saturated heterocycles. The molecule has 1 saturated carbocycles. The molecule has 47 heavy (non-hydrogen) atoms. The van der Waals surface area contributed by atoms with Gasteiger partial charge in [0.1, 0.15) is 10.8 Å². The third-order valence-corrected chi connectivity index (χ3v) is 10.7. The maximum Gasteiger partial charge on any atom is 0.229 e. The topological polar surface area (TPSA) is 83.0 Å². The monoisotopic (exact) mass is 677 g/mol. The Hall–Kier alpha value is -2.82. The summed E-state index contributed by atoms with van der Waals surface area (Å²) in [7, 11) is 0. The van der Waals surface area contributed by atoms with Gasteiger partial charge in [-0.05, 0) is 99.8 Å². The third-order valence-electron chi connectivity index (χ3n) is 9.35. The minimum Gasteiger partial charge on any atom is -0.489 e. The highest BCUT2D eigenvalue weighted by atomic mass is 35.5. The van der Waals surface area contributed by atoms with Gasteiger partial charge in [0, 0.05) is 42.0 Å². The second-order valence-corrected chi connectivity index (χ2v) is 15.5. The van der Waals surface area contributed by atoms with E-state index in [1.807, 2.05) is 38.1 Å². The average Bonchev–Trinajstić information content (AvgIpc) is 3.02. The summed E-state index contributed by atoms with van der Waals surface area (Å²) >= 11 is 8.20. The summed E-state index contributed by atoms with van der Waals surface area (Å²) in [6.45, 7) is 13.3. The van der Waals surface area contributed by atoms with Crippen LogP contribution in [0.4, 0.5) is 23.1 Å². The lowest BCUT2D eigenvalue weighted by Crippen LogP contribution is -2.51. The highest BCUT2D eigenvalue weighted by Gasteiger charge is 2.37. The molecule has 6 rings (SSSR count). The SMILES string of the molecule is Cc1cc(Nc2ncc(Cl)c(N(O)c3ccccc3SC(C)C)n2)c(OC(C)C)cc1C1=CC(C2CCC2)N(C2CCOCC2)CC1. The Morgan fingerprint density at radius 2 is 1.87 bits per heavy atom. The standard InChI is InChI=1S/C37H48ClN5O3S/c1-23(2)46-34-21-29(27-13-16-42(28-14-17-45-18-15-28)33(20-27)26-9-8-10-26)25(5)19-31(34)40-37-39-22-30(38)36(41-37)43(44)32-11-6-7-12-35(32)47-24(3)4/h6-7,11-12,19-24,26,28,33,44H,8-10,13-18H2,1-5H3,(H,39,40,41). The molecule has 3 aliphatic rings. The lowest BCUT2D eigenvalue weighted by atomic mass is 9.75. The van der Waals surface area contributed by atoms with Crippen LogP contribution in [0.25, 0.3) is 5.57 Å². The molecule has 10 heteroatoms. The van der Waals surface area contributed by atoms with Crippen LogP contribution >= 0.6 is 23.4 Å². The maximum atomic E-state index is 11.3. The van der Waals surface area contributed by atoms with E-state index >= 15 is 0 Å². The van der Waals surface area contributed by atoms with Crippen LogP contribution in [-0.4, -0.2) is 63.3 Å². The molecule has 3 aromatic rings. The molecule has 1 aromatic heterocycles. The van der Waals surface area contributed by atoms with Crippen molar-refractivity contribution < 1.29 is 14.7 Å². The molecule has 3 heterocycles. The van der Waals surface area contributed by atoms with Crippen molar-refractivity contribution in [2.75, 3.05) is 30.1 Å². The number of aromatic nitrogens is 2. The lowest BCUT2D eigenvalue weighted by molar-refractivity contribution is 0.00455. The van der Waals surface area contributed by atoms with Crippen LogP contribution in [0.15, 0.2) is 53.6 Å². The van der Waals surface area contributed by atoms with Gasteiger partial charge in [0.15, 0.2) is 5.82 Å². The van der Waals surface area contributed by atoms with E-state index in [0.717, 1.165) is 66.3 Å². The van der Waals surface area contributed by atoms with Crippen LogP contribution in [0.5, 0.6) is 5.75 Å². The number of benzene rings is 2. The quantitative estimate of drug-likeness (QED) is 0.152. The van der Waals surface area contributed by atoms with Crippen LogP contribution < -0.4 is 15.1 Å². The summed E-state index contributed by atoms with van der Waals surface area (Å²) in [6.07, 6.45) is 11.3. The Labute approximate surface area is 288 Å². The fraction of sp³-hybridized carbons (Fsp3) is 0.514. The molecule has 1 atom stereocenters. The zero-order valence-corrected chi connectivity index (χ0v) is 29.8. The first kappa shape index (κ1) is 34.1. The van der Waals surface area contributed by atoms with Crippen molar-refractivity contribution in [2.24, 2.45) is 5.92 Å². The summed E-state index contributed by atoms with van der Waals surface area (Å²) in [5.74, 6) is 1.99. The van der Waals surface area contributed by atoms with Gasteiger partial charge in [-0.3, -0.25) is 10.1 Å². The minimum atomic E-state index is -0.0252. The first-order valence-electron chi connectivity index (χ1n) is 17.1. The number of nitrogens with zero attached hydrogens (tertiary/aromatic N) is 4. The fourth-order valence-electron chi connectivity index (χ4n) is 6.91. The van der Waals surface area contributed by atoms with Crippen molar-refractivity contribution in [1.29, 1.82) is 0 Å². The number of thioether (sulfide) groups is 1. The van der Waals surface area contributed by atoms with Crippen molar-refractivity contribution in [1.82, 2.24) is 14.9 Å². The zero-order chi connectivity index (χ0) is 33.1. The van der Waals surface area contributed by atoms with Crippen molar-refractivity contribution in [2.45, 2.75) is 101 Å². The normalized spacial score (nSPS) is 19.5. The predicted octanol–water partition coefficient (Wildman–Crippen LogP) is 9.43. The molecular weight excluding hydrogens is 630 g/mol. The number of nitrogens with one attached hydrogen (secondary N) is 1. The van der Waals surface area contributed by atoms with Crippen molar-refractivity contribution in [3.05, 3.63) is 64.8 Å². The smallest absolute Gasteiger partial charge is 0.229 e. The van der Waals surface area contributed by atoms with Gasteiger partial charge in [-0.25, -0.2) is 10.0 Å². The van der Waals surface area contributed by atoms with Gasteiger partial charge >= 0.3 is 0 Å². The molecular formula is C37H48ClN5O3S. The highest BCUT2D eigenvalue weighted by molar-refractivity contribution is 8.00. The maximum absolute atomic E-state index is 11.3. The summed E-state index contributed by atoms with van der Waals surface area (Å²) in [5.41, 5.74) is 5.18. The van der Waals surface area contributed by atoms with Gasteiger partial charge in [0.05, 0.1) is 23.7 Å². The largest absolute Gasteiger partial charge is 0.489 e.